The predicted octanol–water partition coefficient (Wildman–Crippen LogP) is 3.16. The maximum absolute atomic E-state index is 11.6. The van der Waals surface area contributed by atoms with E-state index in [0.717, 1.165) is 16.5 Å². The summed E-state index contributed by atoms with van der Waals surface area (Å²) in [5.74, 6) is -0.382. The number of carbonyl (C=O) groups is 1. The molecule has 1 aromatic carbocycles. The van der Waals surface area contributed by atoms with Crippen molar-refractivity contribution in [2.45, 2.75) is 6.92 Å². The largest absolute Gasteiger partial charge is 0.462 e. The van der Waals surface area contributed by atoms with Crippen molar-refractivity contribution in [1.29, 1.82) is 0 Å². The summed E-state index contributed by atoms with van der Waals surface area (Å²) in [4.78, 5) is 15.9. The van der Waals surface area contributed by atoms with Gasteiger partial charge < -0.3 is 9.15 Å². The molecule has 4 heteroatoms. The van der Waals surface area contributed by atoms with Gasteiger partial charge in [-0.3, -0.25) is 4.98 Å². The van der Waals surface area contributed by atoms with Gasteiger partial charge in [-0.05, 0) is 25.1 Å². The van der Waals surface area contributed by atoms with Crippen LogP contribution in [0.25, 0.3) is 22.1 Å². The van der Waals surface area contributed by atoms with Gasteiger partial charge in [-0.2, -0.15) is 0 Å². The van der Waals surface area contributed by atoms with Crippen LogP contribution in [0, 0.1) is 0 Å². The van der Waals surface area contributed by atoms with Crippen LogP contribution in [-0.2, 0) is 4.74 Å². The molecular weight excluding hydrogens is 230 g/mol. The van der Waals surface area contributed by atoms with Crippen LogP contribution >= 0.6 is 0 Å². The van der Waals surface area contributed by atoms with Gasteiger partial charge in [0.25, 0.3) is 0 Å². The third-order valence-corrected chi connectivity index (χ3v) is 2.73. The van der Waals surface area contributed by atoms with Crippen LogP contribution in [-0.4, -0.2) is 17.6 Å². The molecule has 3 aromatic rings. The molecule has 0 fully saturated rings. The summed E-state index contributed by atoms with van der Waals surface area (Å²) in [6.07, 6.45) is 1.52. The van der Waals surface area contributed by atoms with E-state index in [0.29, 0.717) is 17.8 Å². The monoisotopic (exact) mass is 241 g/mol. The summed E-state index contributed by atoms with van der Waals surface area (Å²) >= 11 is 0. The first kappa shape index (κ1) is 10.8. The number of nitrogens with zero attached hydrogens (tertiary/aromatic N) is 1. The Bertz CT molecular complexity index is 730. The van der Waals surface area contributed by atoms with Crippen molar-refractivity contribution >= 4 is 28.0 Å². The highest BCUT2D eigenvalue weighted by molar-refractivity contribution is 6.04. The normalized spacial score (nSPS) is 10.9. The Morgan fingerprint density at radius 3 is 3.00 bits per heavy atom. The fourth-order valence-electron chi connectivity index (χ4n) is 1.92. The number of furan rings is 1. The lowest BCUT2D eigenvalue weighted by molar-refractivity contribution is 0.0526. The molecule has 0 saturated heterocycles. The molecule has 0 atom stereocenters. The van der Waals surface area contributed by atoms with E-state index in [2.05, 4.69) is 4.98 Å². The van der Waals surface area contributed by atoms with Crippen LogP contribution in [0.2, 0.25) is 0 Å². The van der Waals surface area contributed by atoms with Gasteiger partial charge in [-0.1, -0.05) is 12.1 Å². The molecule has 0 N–H and O–H groups in total. The van der Waals surface area contributed by atoms with Gasteiger partial charge in [-0.25, -0.2) is 4.79 Å². The van der Waals surface area contributed by atoms with Crippen molar-refractivity contribution in [3.05, 3.63) is 42.1 Å². The van der Waals surface area contributed by atoms with E-state index in [-0.39, 0.29) is 5.97 Å². The van der Waals surface area contributed by atoms with E-state index in [1.165, 1.54) is 6.20 Å². The summed E-state index contributed by atoms with van der Waals surface area (Å²) in [6.45, 7) is 2.11. The van der Waals surface area contributed by atoms with E-state index >= 15 is 0 Å². The van der Waals surface area contributed by atoms with Gasteiger partial charge in [0.1, 0.15) is 11.1 Å². The molecular formula is C14H11NO3. The van der Waals surface area contributed by atoms with Gasteiger partial charge >= 0.3 is 5.97 Å². The zero-order chi connectivity index (χ0) is 12.5. The van der Waals surface area contributed by atoms with Crippen LogP contribution in [0.1, 0.15) is 17.3 Å². The Kier molecular flexibility index (Phi) is 2.48. The SMILES string of the molecule is CCOC(=O)c1cnc2c(c1)oc1ccccc12. The maximum Gasteiger partial charge on any atom is 0.339 e. The Morgan fingerprint density at radius 2 is 2.17 bits per heavy atom. The molecule has 18 heavy (non-hydrogen) atoms. The third kappa shape index (κ3) is 1.62. The molecule has 0 saturated carbocycles. The van der Waals surface area contributed by atoms with E-state index < -0.39 is 0 Å². The second-order valence-corrected chi connectivity index (χ2v) is 3.89. The first-order chi connectivity index (χ1) is 8.79. The number of para-hydroxylation sites is 1. The first-order valence-electron chi connectivity index (χ1n) is 5.74. The number of hydrogen-bond acceptors (Lipinski definition) is 4. The fraction of sp³-hybridized carbons (Fsp3) is 0.143. The van der Waals surface area contributed by atoms with Crippen molar-refractivity contribution in [3.8, 4) is 0 Å². The molecule has 0 bridgehead atoms. The van der Waals surface area contributed by atoms with Gasteiger partial charge in [-0.15, -0.1) is 0 Å². The zero-order valence-electron chi connectivity index (χ0n) is 9.84. The summed E-state index contributed by atoms with van der Waals surface area (Å²) in [7, 11) is 0. The van der Waals surface area contributed by atoms with Crippen molar-refractivity contribution in [2.75, 3.05) is 6.61 Å². The lowest BCUT2D eigenvalue weighted by Gasteiger charge is -2.00. The standard InChI is InChI=1S/C14H11NO3/c1-2-17-14(16)9-7-12-13(15-8-9)10-5-3-4-6-11(10)18-12/h3-8H,2H2,1H3. The van der Waals surface area contributed by atoms with Crippen LogP contribution in [0.5, 0.6) is 0 Å². The Labute approximate surface area is 103 Å². The topological polar surface area (TPSA) is 52.3 Å². The van der Waals surface area contributed by atoms with Crippen LogP contribution in [0.4, 0.5) is 0 Å². The molecule has 2 heterocycles. The highest BCUT2D eigenvalue weighted by atomic mass is 16.5. The average Bonchev–Trinajstić information content (AvgIpc) is 2.76. The Balaban J connectivity index is 2.18. The number of aromatic nitrogens is 1. The molecule has 0 radical (unpaired) electrons. The van der Waals surface area contributed by atoms with Gasteiger partial charge in [0, 0.05) is 11.6 Å². The molecule has 4 nitrogen and oxygen atoms in total. The minimum absolute atomic E-state index is 0.344. The highest BCUT2D eigenvalue weighted by Crippen LogP contribution is 2.27. The molecule has 0 aliphatic rings. The fourth-order valence-corrected chi connectivity index (χ4v) is 1.92. The van der Waals surface area contributed by atoms with Crippen LogP contribution < -0.4 is 0 Å². The minimum atomic E-state index is -0.382. The van der Waals surface area contributed by atoms with Crippen molar-refractivity contribution in [2.24, 2.45) is 0 Å². The van der Waals surface area contributed by atoms with Gasteiger partial charge in [0.2, 0.25) is 0 Å². The highest BCUT2D eigenvalue weighted by Gasteiger charge is 2.12. The molecule has 0 spiro atoms. The summed E-state index contributed by atoms with van der Waals surface area (Å²) in [5, 5.41) is 0.947. The second-order valence-electron chi connectivity index (χ2n) is 3.89. The van der Waals surface area contributed by atoms with Crippen LogP contribution in [0.3, 0.4) is 0 Å². The Hall–Kier alpha value is -2.36. The summed E-state index contributed by atoms with van der Waals surface area (Å²) in [5.41, 5.74) is 2.53. The first-order valence-corrected chi connectivity index (χ1v) is 5.74. The lowest BCUT2D eigenvalue weighted by atomic mass is 10.2. The number of esters is 1. The zero-order valence-corrected chi connectivity index (χ0v) is 9.84. The van der Waals surface area contributed by atoms with Crippen molar-refractivity contribution < 1.29 is 13.9 Å². The molecule has 2 aromatic heterocycles. The number of carbonyl (C=O) groups excluding carboxylic acids is 1. The summed E-state index contributed by atoms with van der Waals surface area (Å²) < 4.78 is 10.6. The molecule has 3 rings (SSSR count). The molecule has 0 amide bonds. The smallest absolute Gasteiger partial charge is 0.339 e. The predicted molar refractivity (Wildman–Crippen MR) is 67.5 cm³/mol. The molecule has 0 unspecified atom stereocenters. The van der Waals surface area contributed by atoms with E-state index in [1.807, 2.05) is 24.3 Å². The third-order valence-electron chi connectivity index (χ3n) is 2.73. The van der Waals surface area contributed by atoms with Crippen molar-refractivity contribution in [3.63, 3.8) is 0 Å². The number of rotatable bonds is 2. The lowest BCUT2D eigenvalue weighted by Crippen LogP contribution is -2.04. The van der Waals surface area contributed by atoms with E-state index in [1.54, 1.807) is 13.0 Å². The number of hydrogen-bond donors (Lipinski definition) is 0. The second kappa shape index (κ2) is 4.14. The number of benzene rings is 1. The average molecular weight is 241 g/mol. The number of pyridine rings is 1. The van der Waals surface area contributed by atoms with Crippen molar-refractivity contribution in [1.82, 2.24) is 4.98 Å². The Morgan fingerprint density at radius 1 is 1.33 bits per heavy atom. The number of ether oxygens (including phenoxy) is 1. The molecule has 0 aliphatic carbocycles. The van der Waals surface area contributed by atoms with E-state index in [9.17, 15) is 4.79 Å². The minimum Gasteiger partial charge on any atom is -0.462 e. The summed E-state index contributed by atoms with van der Waals surface area (Å²) in [6, 6.07) is 9.31. The molecule has 0 aliphatic heterocycles. The number of fused-ring (bicyclic) bond motifs is 3. The molecule has 90 valence electrons. The van der Waals surface area contributed by atoms with Crippen LogP contribution in [0.15, 0.2) is 40.9 Å². The van der Waals surface area contributed by atoms with Gasteiger partial charge in [0.15, 0.2) is 5.58 Å². The van der Waals surface area contributed by atoms with Gasteiger partial charge in [0.05, 0.1) is 12.2 Å². The quantitative estimate of drug-likeness (QED) is 0.647. The van der Waals surface area contributed by atoms with E-state index in [4.69, 9.17) is 9.15 Å². The maximum atomic E-state index is 11.6.